The number of esters is 1. The maximum Gasteiger partial charge on any atom is 0.306 e. The van der Waals surface area contributed by atoms with E-state index < -0.39 is 17.4 Å². The fraction of sp³-hybridized carbons (Fsp3) is 0.421. The summed E-state index contributed by atoms with van der Waals surface area (Å²) >= 11 is 0. The molecule has 2 amide bonds. The molecule has 6 heteroatoms. The minimum absolute atomic E-state index is 0.195. The molecular weight excluding hydrogens is 320 g/mol. The summed E-state index contributed by atoms with van der Waals surface area (Å²) in [4.78, 5) is 38.4. The molecule has 0 saturated heterocycles. The first-order chi connectivity index (χ1) is 11.9. The van der Waals surface area contributed by atoms with Gasteiger partial charge in [-0.3, -0.25) is 19.3 Å². The van der Waals surface area contributed by atoms with Crippen LogP contribution in [0.15, 0.2) is 36.4 Å². The highest BCUT2D eigenvalue weighted by molar-refractivity contribution is 6.14. The van der Waals surface area contributed by atoms with Crippen LogP contribution in [0.2, 0.25) is 0 Å². The van der Waals surface area contributed by atoms with Gasteiger partial charge in [0.1, 0.15) is 5.54 Å². The van der Waals surface area contributed by atoms with E-state index >= 15 is 0 Å². The van der Waals surface area contributed by atoms with Gasteiger partial charge in [-0.2, -0.15) is 0 Å². The zero-order valence-electron chi connectivity index (χ0n) is 14.5. The zero-order valence-corrected chi connectivity index (χ0v) is 14.5. The molecule has 1 aliphatic carbocycles. The first-order valence-corrected chi connectivity index (χ1v) is 8.45. The van der Waals surface area contributed by atoms with E-state index in [1.165, 1.54) is 4.90 Å². The Labute approximate surface area is 146 Å². The molecule has 0 spiro atoms. The number of carbonyl (C=O) groups excluding carboxylic acids is 3. The largest absolute Gasteiger partial charge is 0.456 e. The van der Waals surface area contributed by atoms with E-state index in [4.69, 9.17) is 4.74 Å². The van der Waals surface area contributed by atoms with Gasteiger partial charge in [0.2, 0.25) is 5.91 Å². The fourth-order valence-corrected chi connectivity index (χ4v) is 3.24. The first kappa shape index (κ1) is 17.2. The number of rotatable bonds is 4. The molecule has 6 nitrogen and oxygen atoms in total. The minimum atomic E-state index is -1.06. The number of benzene rings is 1. The maximum atomic E-state index is 12.7. The number of allylic oxidation sites excluding steroid dienone is 2. The molecule has 1 aromatic carbocycles. The lowest BCUT2D eigenvalue weighted by molar-refractivity contribution is -0.148. The molecule has 25 heavy (non-hydrogen) atoms. The average molecular weight is 342 g/mol. The van der Waals surface area contributed by atoms with Crippen molar-refractivity contribution in [3.05, 3.63) is 36.4 Å². The lowest BCUT2D eigenvalue weighted by Gasteiger charge is -2.41. The van der Waals surface area contributed by atoms with Crippen molar-refractivity contribution in [1.29, 1.82) is 0 Å². The molecule has 1 aliphatic heterocycles. The molecule has 1 aromatic rings. The lowest BCUT2D eigenvalue weighted by atomic mass is 9.96. The molecule has 0 radical (unpaired) electrons. The second-order valence-electron chi connectivity index (χ2n) is 6.89. The van der Waals surface area contributed by atoms with E-state index in [1.54, 1.807) is 38.1 Å². The van der Waals surface area contributed by atoms with E-state index in [9.17, 15) is 14.4 Å². The molecule has 0 saturated carbocycles. The van der Waals surface area contributed by atoms with Gasteiger partial charge in [-0.1, -0.05) is 24.3 Å². The molecule has 0 aromatic heterocycles. The molecule has 0 bridgehead atoms. The number of amides is 2. The number of anilines is 2. The van der Waals surface area contributed by atoms with Crippen LogP contribution >= 0.6 is 0 Å². The highest BCUT2D eigenvalue weighted by Gasteiger charge is 2.43. The Morgan fingerprint density at radius 2 is 2.08 bits per heavy atom. The van der Waals surface area contributed by atoms with E-state index in [1.807, 2.05) is 6.08 Å². The number of nitrogens with one attached hydrogen (secondary N) is 1. The second-order valence-corrected chi connectivity index (χ2v) is 6.89. The Bertz CT molecular complexity index is 739. The molecule has 3 rings (SSSR count). The van der Waals surface area contributed by atoms with Crippen LogP contribution in [0.3, 0.4) is 0 Å². The zero-order chi connectivity index (χ0) is 18.0. The number of ether oxygens (including phenoxy) is 1. The van der Waals surface area contributed by atoms with Gasteiger partial charge in [0.25, 0.3) is 5.91 Å². The summed E-state index contributed by atoms with van der Waals surface area (Å²) in [5.41, 5.74) is 0.112. The summed E-state index contributed by atoms with van der Waals surface area (Å²) < 4.78 is 5.17. The summed E-state index contributed by atoms with van der Waals surface area (Å²) in [6, 6.07) is 7.08. The van der Waals surface area contributed by atoms with Crippen LogP contribution in [0.4, 0.5) is 11.4 Å². The molecule has 1 N–H and O–H groups in total. The predicted molar refractivity (Wildman–Crippen MR) is 94.1 cm³/mol. The van der Waals surface area contributed by atoms with Crippen molar-refractivity contribution in [1.82, 2.24) is 0 Å². The Morgan fingerprint density at radius 1 is 1.32 bits per heavy atom. The SMILES string of the molecule is CC1(C)C(=O)Nc2ccccc2N1C(=O)COC(=O)C[C@@H]1C=CCC1. The molecular formula is C19H22N2O4. The van der Waals surface area contributed by atoms with Crippen LogP contribution in [-0.2, 0) is 19.1 Å². The third-order valence-electron chi connectivity index (χ3n) is 4.66. The number of hydrogen-bond donors (Lipinski definition) is 1. The van der Waals surface area contributed by atoms with E-state index in [0.717, 1.165) is 12.8 Å². The van der Waals surface area contributed by atoms with Gasteiger partial charge in [0.15, 0.2) is 6.61 Å². The number of hydrogen-bond acceptors (Lipinski definition) is 4. The smallest absolute Gasteiger partial charge is 0.306 e. The average Bonchev–Trinajstić information content (AvgIpc) is 3.06. The van der Waals surface area contributed by atoms with E-state index in [2.05, 4.69) is 11.4 Å². The standard InChI is InChI=1S/C19H22N2O4/c1-19(2)18(24)20-14-9-5-6-10-15(14)21(19)16(22)12-25-17(23)11-13-7-3-4-8-13/h3,5-7,9-10,13H,4,8,11-12H2,1-2H3,(H,20,24)/t13-/m1/s1. The Morgan fingerprint density at radius 3 is 2.80 bits per heavy atom. The van der Waals surface area contributed by atoms with Crippen LogP contribution in [0.5, 0.6) is 0 Å². The Balaban J connectivity index is 1.70. The third kappa shape index (κ3) is 3.43. The van der Waals surface area contributed by atoms with Crippen molar-refractivity contribution in [3.8, 4) is 0 Å². The summed E-state index contributed by atoms with van der Waals surface area (Å²) in [6.45, 7) is 2.96. The van der Waals surface area contributed by atoms with Gasteiger partial charge in [0.05, 0.1) is 17.8 Å². The van der Waals surface area contributed by atoms with Crippen molar-refractivity contribution in [3.63, 3.8) is 0 Å². The summed E-state index contributed by atoms with van der Waals surface area (Å²) in [6.07, 6.45) is 6.26. The van der Waals surface area contributed by atoms with Crippen LogP contribution in [0, 0.1) is 5.92 Å². The first-order valence-electron chi connectivity index (χ1n) is 8.45. The van der Waals surface area contributed by atoms with Crippen LogP contribution in [0.1, 0.15) is 33.1 Å². The topological polar surface area (TPSA) is 75.7 Å². The maximum absolute atomic E-state index is 12.7. The molecule has 2 aliphatic rings. The molecule has 0 unspecified atom stereocenters. The van der Waals surface area contributed by atoms with Crippen LogP contribution in [-0.4, -0.2) is 29.9 Å². The normalized spacial score (nSPS) is 20.8. The van der Waals surface area contributed by atoms with Crippen molar-refractivity contribution in [2.24, 2.45) is 5.92 Å². The molecule has 132 valence electrons. The minimum Gasteiger partial charge on any atom is -0.456 e. The van der Waals surface area contributed by atoms with Gasteiger partial charge < -0.3 is 10.1 Å². The summed E-state index contributed by atoms with van der Waals surface area (Å²) in [7, 11) is 0. The van der Waals surface area contributed by atoms with Gasteiger partial charge in [0, 0.05) is 0 Å². The van der Waals surface area contributed by atoms with Crippen LogP contribution < -0.4 is 10.2 Å². The van der Waals surface area contributed by atoms with Gasteiger partial charge in [-0.05, 0) is 44.7 Å². The van der Waals surface area contributed by atoms with E-state index in [-0.39, 0.29) is 24.9 Å². The summed E-state index contributed by atoms with van der Waals surface area (Å²) in [5, 5.41) is 2.80. The van der Waals surface area contributed by atoms with Gasteiger partial charge in [-0.15, -0.1) is 0 Å². The highest BCUT2D eigenvalue weighted by atomic mass is 16.5. The molecule has 1 atom stereocenters. The number of carbonyl (C=O) groups is 3. The fourth-order valence-electron chi connectivity index (χ4n) is 3.24. The van der Waals surface area contributed by atoms with Crippen molar-refractivity contribution in [2.45, 2.75) is 38.6 Å². The molecule has 1 heterocycles. The Kier molecular flexibility index (Phi) is 4.61. The monoisotopic (exact) mass is 342 g/mol. The highest BCUT2D eigenvalue weighted by Crippen LogP contribution is 2.36. The Hall–Kier alpha value is -2.63. The van der Waals surface area contributed by atoms with Gasteiger partial charge >= 0.3 is 5.97 Å². The number of nitrogens with zero attached hydrogens (tertiary/aromatic N) is 1. The third-order valence-corrected chi connectivity index (χ3v) is 4.66. The van der Waals surface area contributed by atoms with Crippen molar-refractivity contribution in [2.75, 3.05) is 16.8 Å². The van der Waals surface area contributed by atoms with Gasteiger partial charge in [-0.25, -0.2) is 0 Å². The number of fused-ring (bicyclic) bond motifs is 1. The summed E-state index contributed by atoms with van der Waals surface area (Å²) in [5.74, 6) is -0.887. The molecule has 0 fully saturated rings. The number of para-hydroxylation sites is 2. The quantitative estimate of drug-likeness (QED) is 0.674. The van der Waals surface area contributed by atoms with Crippen LogP contribution in [0.25, 0.3) is 0 Å². The van der Waals surface area contributed by atoms with Crippen molar-refractivity contribution >= 4 is 29.2 Å². The second kappa shape index (κ2) is 6.70. The van der Waals surface area contributed by atoms with E-state index in [0.29, 0.717) is 11.4 Å². The van der Waals surface area contributed by atoms with Crippen molar-refractivity contribution < 1.29 is 19.1 Å². The predicted octanol–water partition coefficient (Wildman–Crippen LogP) is 2.65. The lowest BCUT2D eigenvalue weighted by Crippen LogP contribution is -2.59.